The van der Waals surface area contributed by atoms with Crippen LogP contribution in [0.5, 0.6) is 0 Å². The lowest BCUT2D eigenvalue weighted by atomic mass is 9.47. The third kappa shape index (κ3) is 3.58. The van der Waals surface area contributed by atoms with Gasteiger partial charge in [0.25, 0.3) is 0 Å². The van der Waals surface area contributed by atoms with Crippen LogP contribution < -0.4 is 0 Å². The average molecular weight is 399 g/mol. The first-order valence-corrected chi connectivity index (χ1v) is 12.2. The Kier molecular flexibility index (Phi) is 5.64. The molecule has 4 aliphatic rings. The summed E-state index contributed by atoms with van der Waals surface area (Å²) in [6, 6.07) is 0. The van der Waals surface area contributed by atoms with Gasteiger partial charge >= 0.3 is 0 Å². The van der Waals surface area contributed by atoms with Crippen LogP contribution in [0.3, 0.4) is 0 Å². The van der Waals surface area contributed by atoms with Crippen LogP contribution in [0.15, 0.2) is 23.3 Å². The van der Waals surface area contributed by atoms with Crippen LogP contribution in [0.2, 0.25) is 0 Å². The number of carbonyl (C=O) groups is 1. The van der Waals surface area contributed by atoms with Crippen molar-refractivity contribution < 1.29 is 9.90 Å². The summed E-state index contributed by atoms with van der Waals surface area (Å²) in [5, 5.41) is 10.2. The van der Waals surface area contributed by atoms with Crippen LogP contribution in [0.4, 0.5) is 0 Å². The molecule has 0 bridgehead atoms. The SMILES string of the molecule is CC(C)=CC(=O)C[C@@H](C)[C@H]1CCC2C3CC=C4C[C@@H](O)CC[C@]4(C)C3CC[C@@]21C. The first-order valence-electron chi connectivity index (χ1n) is 12.2. The van der Waals surface area contributed by atoms with E-state index in [2.05, 4.69) is 26.8 Å². The molecule has 8 atom stereocenters. The van der Waals surface area contributed by atoms with Crippen molar-refractivity contribution in [3.63, 3.8) is 0 Å². The largest absolute Gasteiger partial charge is 0.393 e. The molecule has 0 aromatic carbocycles. The highest BCUT2D eigenvalue weighted by Crippen LogP contribution is 2.67. The van der Waals surface area contributed by atoms with Crippen molar-refractivity contribution in [2.75, 3.05) is 0 Å². The van der Waals surface area contributed by atoms with E-state index in [0.717, 1.165) is 36.2 Å². The van der Waals surface area contributed by atoms with Crippen molar-refractivity contribution in [1.82, 2.24) is 0 Å². The van der Waals surface area contributed by atoms with Crippen molar-refractivity contribution in [1.29, 1.82) is 0 Å². The Morgan fingerprint density at radius 2 is 1.93 bits per heavy atom. The number of aliphatic hydroxyl groups is 1. The van der Waals surface area contributed by atoms with Gasteiger partial charge < -0.3 is 5.11 Å². The normalized spacial score (nSPS) is 44.8. The van der Waals surface area contributed by atoms with Gasteiger partial charge in [-0.25, -0.2) is 0 Å². The second-order valence-corrected chi connectivity index (χ2v) is 11.8. The topological polar surface area (TPSA) is 37.3 Å². The lowest BCUT2D eigenvalue weighted by Crippen LogP contribution is -2.50. The van der Waals surface area contributed by atoms with Crippen molar-refractivity contribution in [3.05, 3.63) is 23.3 Å². The van der Waals surface area contributed by atoms with E-state index in [-0.39, 0.29) is 6.10 Å². The standard InChI is InChI=1S/C27H42O2/c1-17(2)14-21(29)15-18(3)23-8-9-24-22-7-6-19-16-20(28)10-12-26(19,4)25(22)11-13-27(23,24)5/h6,14,18,20,22-25,28H,7-13,15-16H2,1-5H3/t18-,20+,22?,23-,24?,25?,26+,27-/m1/s1. The molecule has 0 amide bonds. The van der Waals surface area contributed by atoms with Gasteiger partial charge in [-0.3, -0.25) is 4.79 Å². The van der Waals surface area contributed by atoms with E-state index in [9.17, 15) is 9.90 Å². The van der Waals surface area contributed by atoms with Gasteiger partial charge in [0, 0.05) is 6.42 Å². The summed E-state index contributed by atoms with van der Waals surface area (Å²) >= 11 is 0. The number of hydrogen-bond donors (Lipinski definition) is 1. The van der Waals surface area contributed by atoms with Crippen LogP contribution in [0, 0.1) is 40.4 Å². The van der Waals surface area contributed by atoms with Gasteiger partial charge in [0.05, 0.1) is 6.10 Å². The van der Waals surface area contributed by atoms with E-state index in [4.69, 9.17) is 0 Å². The minimum Gasteiger partial charge on any atom is -0.393 e. The number of fused-ring (bicyclic) bond motifs is 5. The van der Waals surface area contributed by atoms with Gasteiger partial charge in [-0.2, -0.15) is 0 Å². The minimum absolute atomic E-state index is 0.116. The summed E-state index contributed by atoms with van der Waals surface area (Å²) in [6.45, 7) is 11.5. The Labute approximate surface area is 178 Å². The fourth-order valence-corrected chi connectivity index (χ4v) is 8.46. The van der Waals surface area contributed by atoms with Gasteiger partial charge in [0.15, 0.2) is 5.78 Å². The van der Waals surface area contributed by atoms with Gasteiger partial charge in [-0.1, -0.05) is 38.0 Å². The molecule has 3 saturated carbocycles. The maximum atomic E-state index is 12.4. The summed E-state index contributed by atoms with van der Waals surface area (Å²) in [5.41, 5.74) is 3.42. The predicted octanol–water partition coefficient (Wildman–Crippen LogP) is 6.49. The summed E-state index contributed by atoms with van der Waals surface area (Å²) in [7, 11) is 0. The molecule has 0 spiro atoms. The number of aliphatic hydroxyl groups excluding tert-OH is 1. The van der Waals surface area contributed by atoms with E-state index < -0.39 is 0 Å². The van der Waals surface area contributed by atoms with E-state index in [1.807, 2.05) is 19.9 Å². The molecule has 29 heavy (non-hydrogen) atoms. The quantitative estimate of drug-likeness (QED) is 0.434. The van der Waals surface area contributed by atoms with Crippen LogP contribution in [-0.2, 0) is 4.79 Å². The zero-order valence-electron chi connectivity index (χ0n) is 19.3. The smallest absolute Gasteiger partial charge is 0.155 e. The van der Waals surface area contributed by atoms with E-state index in [1.54, 1.807) is 5.57 Å². The summed E-state index contributed by atoms with van der Waals surface area (Å²) in [6.07, 6.45) is 14.6. The molecule has 3 unspecified atom stereocenters. The van der Waals surface area contributed by atoms with E-state index in [0.29, 0.717) is 34.9 Å². The summed E-state index contributed by atoms with van der Waals surface area (Å²) in [5.74, 6) is 3.91. The van der Waals surface area contributed by atoms with Crippen molar-refractivity contribution in [2.45, 2.75) is 98.5 Å². The highest BCUT2D eigenvalue weighted by Gasteiger charge is 2.59. The Bertz CT molecular complexity index is 714. The Hall–Kier alpha value is -0.890. The second kappa shape index (κ2) is 7.66. The van der Waals surface area contributed by atoms with E-state index in [1.165, 1.54) is 38.5 Å². The fraction of sp³-hybridized carbons (Fsp3) is 0.815. The highest BCUT2D eigenvalue weighted by molar-refractivity contribution is 5.90. The van der Waals surface area contributed by atoms with Gasteiger partial charge in [-0.15, -0.1) is 0 Å². The molecule has 0 aromatic heterocycles. The third-order valence-electron chi connectivity index (χ3n) is 9.81. The summed E-state index contributed by atoms with van der Waals surface area (Å²) in [4.78, 5) is 12.4. The second-order valence-electron chi connectivity index (χ2n) is 11.8. The third-order valence-corrected chi connectivity index (χ3v) is 9.81. The Morgan fingerprint density at radius 3 is 2.66 bits per heavy atom. The zero-order chi connectivity index (χ0) is 21.0. The van der Waals surface area contributed by atoms with Crippen molar-refractivity contribution in [3.8, 4) is 0 Å². The minimum atomic E-state index is -0.116. The molecule has 4 aliphatic carbocycles. The molecule has 1 N–H and O–H groups in total. The summed E-state index contributed by atoms with van der Waals surface area (Å²) < 4.78 is 0. The average Bonchev–Trinajstić information content (AvgIpc) is 2.99. The number of hydrogen-bond acceptors (Lipinski definition) is 2. The lowest BCUT2D eigenvalue weighted by molar-refractivity contribution is -0.116. The lowest BCUT2D eigenvalue weighted by Gasteiger charge is -2.58. The molecule has 0 aliphatic heterocycles. The van der Waals surface area contributed by atoms with Crippen molar-refractivity contribution in [2.24, 2.45) is 40.4 Å². The molecule has 162 valence electrons. The number of rotatable bonds is 4. The number of carbonyl (C=O) groups excluding carboxylic acids is 1. The maximum Gasteiger partial charge on any atom is 0.155 e. The number of ketones is 1. The molecule has 4 rings (SSSR count). The molecular weight excluding hydrogens is 356 g/mol. The molecule has 2 heteroatoms. The van der Waals surface area contributed by atoms with Crippen LogP contribution in [0.1, 0.15) is 92.4 Å². The first kappa shape index (κ1) is 21.3. The monoisotopic (exact) mass is 398 g/mol. The highest BCUT2D eigenvalue weighted by atomic mass is 16.3. The van der Waals surface area contributed by atoms with Crippen LogP contribution in [0.25, 0.3) is 0 Å². The molecular formula is C27H42O2. The van der Waals surface area contributed by atoms with Gasteiger partial charge in [0.1, 0.15) is 0 Å². The van der Waals surface area contributed by atoms with Crippen LogP contribution >= 0.6 is 0 Å². The molecule has 2 nitrogen and oxygen atoms in total. The molecule has 0 radical (unpaired) electrons. The van der Waals surface area contributed by atoms with Crippen LogP contribution in [-0.4, -0.2) is 17.0 Å². The van der Waals surface area contributed by atoms with Crippen molar-refractivity contribution >= 4 is 5.78 Å². The van der Waals surface area contributed by atoms with Gasteiger partial charge in [0.2, 0.25) is 0 Å². The number of allylic oxidation sites excluding steroid dienone is 3. The molecule has 0 aromatic rings. The molecule has 0 heterocycles. The zero-order valence-corrected chi connectivity index (χ0v) is 19.3. The van der Waals surface area contributed by atoms with Gasteiger partial charge in [-0.05, 0) is 112 Å². The first-order chi connectivity index (χ1) is 13.6. The fourth-order valence-electron chi connectivity index (χ4n) is 8.46. The maximum absolute atomic E-state index is 12.4. The Balaban J connectivity index is 1.53. The Morgan fingerprint density at radius 1 is 1.17 bits per heavy atom. The van der Waals surface area contributed by atoms with E-state index >= 15 is 0 Å². The molecule has 3 fully saturated rings. The molecule has 0 saturated heterocycles. The predicted molar refractivity (Wildman–Crippen MR) is 119 cm³/mol.